The van der Waals surface area contributed by atoms with Crippen LogP contribution in [0.4, 0.5) is 9.18 Å². The molecule has 0 aliphatic rings. The predicted molar refractivity (Wildman–Crippen MR) is 86.6 cm³/mol. The summed E-state index contributed by atoms with van der Waals surface area (Å²) in [5.74, 6) is -1.20. The Morgan fingerprint density at radius 3 is 2.35 bits per heavy atom. The van der Waals surface area contributed by atoms with Gasteiger partial charge in [-0.1, -0.05) is 32.9 Å². The maximum absolute atomic E-state index is 13.1. The highest BCUT2D eigenvalue weighted by Gasteiger charge is 2.22. The number of carbonyl (C=O) groups is 2. The Bertz CT molecular complexity index is 524. The van der Waals surface area contributed by atoms with Crippen LogP contribution in [0.1, 0.15) is 51.6 Å². The van der Waals surface area contributed by atoms with Crippen molar-refractivity contribution in [1.82, 2.24) is 10.6 Å². The number of carbonyl (C=O) groups excluding carboxylic acids is 1. The van der Waals surface area contributed by atoms with E-state index in [1.807, 2.05) is 0 Å². The van der Waals surface area contributed by atoms with Crippen molar-refractivity contribution in [2.75, 3.05) is 6.54 Å². The lowest BCUT2D eigenvalue weighted by Gasteiger charge is -2.27. The van der Waals surface area contributed by atoms with Gasteiger partial charge >= 0.3 is 12.0 Å². The maximum atomic E-state index is 13.1. The van der Waals surface area contributed by atoms with Crippen LogP contribution in [0.5, 0.6) is 0 Å². The van der Waals surface area contributed by atoms with Crippen LogP contribution in [0, 0.1) is 11.2 Å². The lowest BCUT2D eigenvalue weighted by molar-refractivity contribution is -0.137. The summed E-state index contributed by atoms with van der Waals surface area (Å²) in [4.78, 5) is 22.4. The zero-order chi connectivity index (χ0) is 17.5. The molecule has 1 unspecified atom stereocenters. The molecule has 1 aromatic rings. The Morgan fingerprint density at radius 2 is 1.83 bits per heavy atom. The van der Waals surface area contributed by atoms with E-state index in [0.717, 1.165) is 5.56 Å². The van der Waals surface area contributed by atoms with Crippen LogP contribution in [0.3, 0.4) is 0 Å². The minimum Gasteiger partial charge on any atom is -0.481 e. The minimum atomic E-state index is -0.885. The fraction of sp³-hybridized carbons (Fsp3) is 0.529. The normalized spacial score (nSPS) is 12.5. The van der Waals surface area contributed by atoms with E-state index in [1.54, 1.807) is 12.1 Å². The molecule has 128 valence electrons. The summed E-state index contributed by atoms with van der Waals surface area (Å²) in [6, 6.07) is 5.48. The molecule has 6 heteroatoms. The van der Waals surface area contributed by atoms with Gasteiger partial charge in [0.15, 0.2) is 0 Å². The number of hydrogen-bond acceptors (Lipinski definition) is 2. The summed E-state index contributed by atoms with van der Waals surface area (Å²) >= 11 is 0. The summed E-state index contributed by atoms with van der Waals surface area (Å²) in [7, 11) is 0. The third kappa shape index (κ3) is 8.18. The van der Waals surface area contributed by atoms with E-state index in [-0.39, 0.29) is 29.7 Å². The molecule has 0 fully saturated rings. The van der Waals surface area contributed by atoms with Crippen LogP contribution in [-0.4, -0.2) is 23.7 Å². The van der Waals surface area contributed by atoms with Crippen molar-refractivity contribution in [3.05, 3.63) is 35.6 Å². The molecule has 0 aliphatic heterocycles. The largest absolute Gasteiger partial charge is 0.481 e. The van der Waals surface area contributed by atoms with Crippen molar-refractivity contribution in [2.24, 2.45) is 5.41 Å². The van der Waals surface area contributed by atoms with Crippen molar-refractivity contribution in [2.45, 2.75) is 46.1 Å². The molecular formula is C17H25FN2O3. The van der Waals surface area contributed by atoms with Gasteiger partial charge in [0, 0.05) is 13.0 Å². The molecule has 0 heterocycles. The van der Waals surface area contributed by atoms with Crippen LogP contribution < -0.4 is 10.6 Å². The first-order chi connectivity index (χ1) is 10.7. The Kier molecular flexibility index (Phi) is 7.00. The number of aliphatic carboxylic acids is 1. The fourth-order valence-corrected chi connectivity index (χ4v) is 2.21. The van der Waals surface area contributed by atoms with Crippen molar-refractivity contribution in [3.8, 4) is 0 Å². The third-order valence-corrected chi connectivity index (χ3v) is 3.25. The summed E-state index contributed by atoms with van der Waals surface area (Å²) < 4.78 is 13.1. The van der Waals surface area contributed by atoms with Crippen LogP contribution >= 0.6 is 0 Å². The van der Waals surface area contributed by atoms with Gasteiger partial charge in [-0.15, -0.1) is 0 Å². The molecule has 5 nitrogen and oxygen atoms in total. The van der Waals surface area contributed by atoms with Gasteiger partial charge in [-0.25, -0.2) is 9.18 Å². The van der Waals surface area contributed by atoms with Crippen LogP contribution in [-0.2, 0) is 4.79 Å². The highest BCUT2D eigenvalue weighted by Crippen LogP contribution is 2.29. The fourth-order valence-electron chi connectivity index (χ4n) is 2.21. The molecule has 0 saturated carbocycles. The number of halogens is 1. The van der Waals surface area contributed by atoms with Crippen molar-refractivity contribution in [1.29, 1.82) is 0 Å². The van der Waals surface area contributed by atoms with E-state index in [4.69, 9.17) is 5.11 Å². The second kappa shape index (κ2) is 8.50. The van der Waals surface area contributed by atoms with Crippen LogP contribution in [0.25, 0.3) is 0 Å². The SMILES string of the molecule is CC(C)(C)CC(NC(=O)NCCCC(=O)O)c1ccc(F)cc1. The van der Waals surface area contributed by atoms with Crippen molar-refractivity contribution in [3.63, 3.8) is 0 Å². The van der Waals surface area contributed by atoms with E-state index in [2.05, 4.69) is 31.4 Å². The molecule has 0 aromatic heterocycles. The highest BCUT2D eigenvalue weighted by atomic mass is 19.1. The zero-order valence-electron chi connectivity index (χ0n) is 13.9. The van der Waals surface area contributed by atoms with Gasteiger partial charge in [-0.3, -0.25) is 4.79 Å². The summed E-state index contributed by atoms with van der Waals surface area (Å²) in [6.07, 6.45) is 1.09. The second-order valence-electron chi connectivity index (χ2n) is 6.77. The number of rotatable bonds is 7. The standard InChI is InChI=1S/C17H25FN2O3/c1-17(2,3)11-14(12-6-8-13(18)9-7-12)20-16(23)19-10-4-5-15(21)22/h6-9,14H,4-5,10-11H2,1-3H3,(H,21,22)(H2,19,20,23). The lowest BCUT2D eigenvalue weighted by atomic mass is 9.85. The molecule has 3 N–H and O–H groups in total. The molecule has 1 aromatic carbocycles. The van der Waals surface area contributed by atoms with Gasteiger partial charge in [0.05, 0.1) is 6.04 Å². The van der Waals surface area contributed by atoms with Crippen molar-refractivity contribution >= 4 is 12.0 Å². The Hall–Kier alpha value is -2.11. The number of urea groups is 1. The van der Waals surface area contributed by atoms with Gasteiger partial charge < -0.3 is 15.7 Å². The van der Waals surface area contributed by atoms with Gasteiger partial charge in [-0.05, 0) is 36.0 Å². The van der Waals surface area contributed by atoms with Crippen molar-refractivity contribution < 1.29 is 19.1 Å². The molecular weight excluding hydrogens is 299 g/mol. The summed E-state index contributed by atoms with van der Waals surface area (Å²) in [5.41, 5.74) is 0.817. The molecule has 0 radical (unpaired) electrons. The van der Waals surface area contributed by atoms with Gasteiger partial charge in [-0.2, -0.15) is 0 Å². The van der Waals surface area contributed by atoms with Crippen LogP contribution in [0.2, 0.25) is 0 Å². The summed E-state index contributed by atoms with van der Waals surface area (Å²) in [6.45, 7) is 6.49. The number of amides is 2. The van der Waals surface area contributed by atoms with E-state index in [0.29, 0.717) is 19.4 Å². The quantitative estimate of drug-likeness (QED) is 0.672. The Morgan fingerprint density at radius 1 is 1.22 bits per heavy atom. The Balaban J connectivity index is 2.64. The third-order valence-electron chi connectivity index (χ3n) is 3.25. The number of carboxylic acid groups (broad SMARTS) is 1. The minimum absolute atomic E-state index is 0.0175. The first-order valence-electron chi connectivity index (χ1n) is 7.69. The maximum Gasteiger partial charge on any atom is 0.315 e. The molecule has 0 aliphatic carbocycles. The molecule has 2 amide bonds. The topological polar surface area (TPSA) is 78.4 Å². The smallest absolute Gasteiger partial charge is 0.315 e. The second-order valence-corrected chi connectivity index (χ2v) is 6.77. The average molecular weight is 324 g/mol. The van der Waals surface area contributed by atoms with Gasteiger partial charge in [0.1, 0.15) is 5.82 Å². The van der Waals surface area contributed by atoms with E-state index in [1.165, 1.54) is 12.1 Å². The first-order valence-corrected chi connectivity index (χ1v) is 7.69. The number of carboxylic acids is 1. The molecule has 0 saturated heterocycles. The van der Waals surface area contributed by atoms with Crippen LogP contribution in [0.15, 0.2) is 24.3 Å². The molecule has 23 heavy (non-hydrogen) atoms. The first kappa shape index (κ1) is 18.9. The molecule has 1 atom stereocenters. The average Bonchev–Trinajstić information content (AvgIpc) is 2.42. The number of benzene rings is 1. The molecule has 1 rings (SSSR count). The number of hydrogen-bond donors (Lipinski definition) is 3. The van der Waals surface area contributed by atoms with E-state index >= 15 is 0 Å². The predicted octanol–water partition coefficient (Wildman–Crippen LogP) is 3.47. The number of nitrogens with one attached hydrogen (secondary N) is 2. The Labute approximate surface area is 136 Å². The lowest BCUT2D eigenvalue weighted by Crippen LogP contribution is -2.39. The highest BCUT2D eigenvalue weighted by molar-refractivity contribution is 5.74. The van der Waals surface area contributed by atoms with Gasteiger partial charge in [0.2, 0.25) is 0 Å². The van der Waals surface area contributed by atoms with E-state index < -0.39 is 5.97 Å². The van der Waals surface area contributed by atoms with E-state index in [9.17, 15) is 14.0 Å². The monoisotopic (exact) mass is 324 g/mol. The molecule has 0 bridgehead atoms. The zero-order valence-corrected chi connectivity index (χ0v) is 13.9. The van der Waals surface area contributed by atoms with Gasteiger partial charge in [0.25, 0.3) is 0 Å². The summed E-state index contributed by atoms with van der Waals surface area (Å²) in [5, 5.41) is 14.1. The molecule has 0 spiro atoms.